The van der Waals surface area contributed by atoms with Crippen LogP contribution in [0.2, 0.25) is 0 Å². The molecule has 5 nitrogen and oxygen atoms in total. The van der Waals surface area contributed by atoms with Crippen molar-refractivity contribution in [3.8, 4) is 5.75 Å². The zero-order valence-corrected chi connectivity index (χ0v) is 11.6. The van der Waals surface area contributed by atoms with Crippen molar-refractivity contribution >= 4 is 5.69 Å². The number of non-ortho nitro benzene ring substituents is 1. The second kappa shape index (κ2) is 7.82. The summed E-state index contributed by atoms with van der Waals surface area (Å²) < 4.78 is 40.9. The molecule has 0 fully saturated rings. The summed E-state index contributed by atoms with van der Waals surface area (Å²) in [5.41, 5.74) is 0.548. The number of alkyl halides is 3. The summed E-state index contributed by atoms with van der Waals surface area (Å²) in [6.45, 7) is 0.707. The molecule has 0 saturated heterocycles. The van der Waals surface area contributed by atoms with E-state index in [0.29, 0.717) is 30.8 Å². The predicted octanol–water partition coefficient (Wildman–Crippen LogP) is 3.43. The van der Waals surface area contributed by atoms with Gasteiger partial charge in [-0.2, -0.15) is 13.2 Å². The van der Waals surface area contributed by atoms with E-state index >= 15 is 0 Å². The zero-order valence-electron chi connectivity index (χ0n) is 11.6. The first-order chi connectivity index (χ1) is 9.83. The molecule has 0 aromatic heterocycles. The summed E-state index contributed by atoms with van der Waals surface area (Å²) in [5, 5.41) is 13.7. The minimum Gasteiger partial charge on any atom is -0.496 e. The molecule has 1 aromatic rings. The fraction of sp³-hybridized carbons (Fsp3) is 0.538. The van der Waals surface area contributed by atoms with Gasteiger partial charge >= 0.3 is 6.18 Å². The molecular weight excluding hydrogens is 289 g/mol. The molecule has 0 heterocycles. The normalized spacial score (nSPS) is 11.4. The van der Waals surface area contributed by atoms with Gasteiger partial charge in [0.25, 0.3) is 5.69 Å². The van der Waals surface area contributed by atoms with Crippen LogP contribution in [0.4, 0.5) is 18.9 Å². The fourth-order valence-corrected chi connectivity index (χ4v) is 1.82. The van der Waals surface area contributed by atoms with Crippen LogP contribution in [-0.2, 0) is 6.54 Å². The van der Waals surface area contributed by atoms with Crippen LogP contribution in [0.5, 0.6) is 5.75 Å². The molecule has 118 valence electrons. The first kappa shape index (κ1) is 17.2. The van der Waals surface area contributed by atoms with Crippen molar-refractivity contribution in [2.24, 2.45) is 0 Å². The highest BCUT2D eigenvalue weighted by atomic mass is 19.4. The Morgan fingerprint density at radius 3 is 2.62 bits per heavy atom. The van der Waals surface area contributed by atoms with Crippen molar-refractivity contribution in [1.82, 2.24) is 5.32 Å². The van der Waals surface area contributed by atoms with E-state index in [1.165, 1.54) is 25.3 Å². The quantitative estimate of drug-likeness (QED) is 0.454. The summed E-state index contributed by atoms with van der Waals surface area (Å²) in [5.74, 6) is 0.503. The van der Waals surface area contributed by atoms with E-state index in [1.807, 2.05) is 0 Å². The van der Waals surface area contributed by atoms with E-state index in [-0.39, 0.29) is 12.1 Å². The van der Waals surface area contributed by atoms with Crippen LogP contribution in [0.1, 0.15) is 24.8 Å². The summed E-state index contributed by atoms with van der Waals surface area (Å²) in [6.07, 6.45) is -4.47. The summed E-state index contributed by atoms with van der Waals surface area (Å²) in [6, 6.07) is 4.23. The molecule has 0 unspecified atom stereocenters. The van der Waals surface area contributed by atoms with Crippen molar-refractivity contribution < 1.29 is 22.8 Å². The van der Waals surface area contributed by atoms with Gasteiger partial charge in [0, 0.05) is 30.7 Å². The van der Waals surface area contributed by atoms with Crippen LogP contribution in [0.3, 0.4) is 0 Å². The zero-order chi connectivity index (χ0) is 15.9. The second-order valence-electron chi connectivity index (χ2n) is 4.50. The first-order valence-corrected chi connectivity index (χ1v) is 6.42. The topological polar surface area (TPSA) is 64.4 Å². The van der Waals surface area contributed by atoms with Gasteiger partial charge in [0.15, 0.2) is 0 Å². The van der Waals surface area contributed by atoms with Gasteiger partial charge in [-0.3, -0.25) is 10.1 Å². The predicted molar refractivity (Wildman–Crippen MR) is 71.3 cm³/mol. The standard InChI is InChI=1S/C13H17F3N2O3/c1-21-12-5-4-11(18(19)20)8-10(12)9-17-7-3-2-6-13(14,15)16/h4-5,8,17H,2-3,6-7,9H2,1H3. The van der Waals surface area contributed by atoms with Crippen molar-refractivity contribution in [2.75, 3.05) is 13.7 Å². The van der Waals surface area contributed by atoms with Crippen LogP contribution >= 0.6 is 0 Å². The number of nitrogens with zero attached hydrogens (tertiary/aromatic N) is 1. The van der Waals surface area contributed by atoms with Crippen LogP contribution in [0, 0.1) is 10.1 Å². The molecule has 21 heavy (non-hydrogen) atoms. The fourth-order valence-electron chi connectivity index (χ4n) is 1.82. The van der Waals surface area contributed by atoms with Gasteiger partial charge in [-0.15, -0.1) is 0 Å². The highest BCUT2D eigenvalue weighted by Gasteiger charge is 2.25. The molecule has 8 heteroatoms. The van der Waals surface area contributed by atoms with Gasteiger partial charge in [0.2, 0.25) is 0 Å². The van der Waals surface area contributed by atoms with E-state index < -0.39 is 17.5 Å². The third-order valence-corrected chi connectivity index (χ3v) is 2.85. The lowest BCUT2D eigenvalue weighted by Crippen LogP contribution is -2.16. The smallest absolute Gasteiger partial charge is 0.389 e. The molecule has 1 aromatic carbocycles. The Hall–Kier alpha value is -1.83. The highest BCUT2D eigenvalue weighted by Crippen LogP contribution is 2.24. The largest absolute Gasteiger partial charge is 0.496 e. The number of nitro groups is 1. The molecule has 0 spiro atoms. The molecule has 1 rings (SSSR count). The third kappa shape index (κ3) is 6.44. The SMILES string of the molecule is COc1ccc([N+](=O)[O-])cc1CNCCCCC(F)(F)F. The average molecular weight is 306 g/mol. The van der Waals surface area contributed by atoms with E-state index in [9.17, 15) is 23.3 Å². The van der Waals surface area contributed by atoms with E-state index in [0.717, 1.165) is 0 Å². The second-order valence-corrected chi connectivity index (χ2v) is 4.50. The minimum atomic E-state index is -4.12. The number of hydrogen-bond acceptors (Lipinski definition) is 4. The van der Waals surface area contributed by atoms with Gasteiger partial charge in [0.1, 0.15) is 5.75 Å². The Kier molecular flexibility index (Phi) is 6.41. The number of hydrogen-bond donors (Lipinski definition) is 1. The van der Waals surface area contributed by atoms with Crippen molar-refractivity contribution in [2.45, 2.75) is 32.0 Å². The van der Waals surface area contributed by atoms with Crippen LogP contribution in [0.25, 0.3) is 0 Å². The summed E-state index contributed by atoms with van der Waals surface area (Å²) in [7, 11) is 1.45. The van der Waals surface area contributed by atoms with Gasteiger partial charge < -0.3 is 10.1 Å². The first-order valence-electron chi connectivity index (χ1n) is 6.42. The highest BCUT2D eigenvalue weighted by molar-refractivity contribution is 5.43. The van der Waals surface area contributed by atoms with Gasteiger partial charge in [-0.1, -0.05) is 0 Å². The Morgan fingerprint density at radius 1 is 1.33 bits per heavy atom. The molecule has 0 aliphatic heterocycles. The van der Waals surface area contributed by atoms with Crippen molar-refractivity contribution in [3.63, 3.8) is 0 Å². The maximum atomic E-state index is 11.9. The number of unbranched alkanes of at least 4 members (excludes halogenated alkanes) is 1. The van der Waals surface area contributed by atoms with Gasteiger partial charge in [-0.25, -0.2) is 0 Å². The Balaban J connectivity index is 2.43. The molecule has 0 aliphatic carbocycles. The number of methoxy groups -OCH3 is 1. The lowest BCUT2D eigenvalue weighted by atomic mass is 10.1. The Bertz CT molecular complexity index is 478. The van der Waals surface area contributed by atoms with E-state index in [2.05, 4.69) is 5.32 Å². The maximum absolute atomic E-state index is 11.9. The summed E-state index contributed by atoms with van der Waals surface area (Å²) in [4.78, 5) is 10.2. The number of nitrogens with one attached hydrogen (secondary N) is 1. The van der Waals surface area contributed by atoms with E-state index in [1.54, 1.807) is 0 Å². The van der Waals surface area contributed by atoms with Crippen molar-refractivity contribution in [3.05, 3.63) is 33.9 Å². The third-order valence-electron chi connectivity index (χ3n) is 2.85. The molecular formula is C13H17F3N2O3. The molecule has 0 aliphatic rings. The van der Waals surface area contributed by atoms with Crippen LogP contribution in [0.15, 0.2) is 18.2 Å². The molecule has 0 saturated carbocycles. The molecule has 0 amide bonds. The Labute approximate surface area is 120 Å². The number of halogens is 3. The number of benzene rings is 1. The number of ether oxygens (including phenoxy) is 1. The number of rotatable bonds is 8. The van der Waals surface area contributed by atoms with E-state index in [4.69, 9.17) is 4.74 Å². The molecule has 0 radical (unpaired) electrons. The molecule has 0 atom stereocenters. The number of nitro benzene ring substituents is 1. The van der Waals surface area contributed by atoms with Gasteiger partial charge in [-0.05, 0) is 25.5 Å². The average Bonchev–Trinajstić information content (AvgIpc) is 2.41. The minimum absolute atomic E-state index is 0.0512. The lowest BCUT2D eigenvalue weighted by molar-refractivity contribution is -0.384. The lowest BCUT2D eigenvalue weighted by Gasteiger charge is -2.10. The Morgan fingerprint density at radius 2 is 2.05 bits per heavy atom. The summed E-state index contributed by atoms with van der Waals surface area (Å²) >= 11 is 0. The molecule has 0 bridgehead atoms. The van der Waals surface area contributed by atoms with Crippen molar-refractivity contribution in [1.29, 1.82) is 0 Å². The van der Waals surface area contributed by atoms with Crippen LogP contribution in [-0.4, -0.2) is 24.8 Å². The maximum Gasteiger partial charge on any atom is 0.389 e. The molecule has 1 N–H and O–H groups in total. The van der Waals surface area contributed by atoms with Gasteiger partial charge in [0.05, 0.1) is 12.0 Å². The monoisotopic (exact) mass is 306 g/mol. The van der Waals surface area contributed by atoms with Crippen LogP contribution < -0.4 is 10.1 Å².